The van der Waals surface area contributed by atoms with Gasteiger partial charge in [0.2, 0.25) is 5.91 Å². The zero-order valence-electron chi connectivity index (χ0n) is 8.68. The van der Waals surface area contributed by atoms with Crippen molar-refractivity contribution in [3.05, 3.63) is 0 Å². The third-order valence-corrected chi connectivity index (χ3v) is 2.01. The van der Waals surface area contributed by atoms with E-state index in [0.717, 1.165) is 13.0 Å². The van der Waals surface area contributed by atoms with Crippen molar-refractivity contribution in [3.63, 3.8) is 0 Å². The van der Waals surface area contributed by atoms with Crippen LogP contribution in [-0.2, 0) is 4.79 Å². The van der Waals surface area contributed by atoms with Crippen LogP contribution in [0.2, 0.25) is 0 Å². The second kappa shape index (κ2) is 7.67. The topological polar surface area (TPSA) is 20.3 Å². The summed E-state index contributed by atoms with van der Waals surface area (Å²) in [5.41, 5.74) is 0. The van der Waals surface area contributed by atoms with Crippen LogP contribution in [0.3, 0.4) is 0 Å². The summed E-state index contributed by atoms with van der Waals surface area (Å²) in [4.78, 5) is 12.7. The molecule has 0 radical (unpaired) electrons. The van der Waals surface area contributed by atoms with Gasteiger partial charge in [-0.3, -0.25) is 4.79 Å². The first-order valence-corrected chi connectivity index (χ1v) is 4.91. The first-order valence-electron chi connectivity index (χ1n) is 4.91. The van der Waals surface area contributed by atoms with Crippen molar-refractivity contribution in [1.82, 2.24) is 4.90 Å². The SMILES string of the molecule is C#CCN(CCCCCC)C(C)=O. The van der Waals surface area contributed by atoms with E-state index in [4.69, 9.17) is 6.42 Å². The van der Waals surface area contributed by atoms with Crippen molar-refractivity contribution >= 4 is 5.91 Å². The first-order chi connectivity index (χ1) is 6.22. The Morgan fingerprint density at radius 3 is 2.54 bits per heavy atom. The van der Waals surface area contributed by atoms with E-state index >= 15 is 0 Å². The molecule has 0 spiro atoms. The van der Waals surface area contributed by atoms with E-state index in [2.05, 4.69) is 12.8 Å². The maximum Gasteiger partial charge on any atom is 0.220 e. The van der Waals surface area contributed by atoms with Gasteiger partial charge in [-0.15, -0.1) is 6.42 Å². The molecule has 13 heavy (non-hydrogen) atoms. The van der Waals surface area contributed by atoms with E-state index in [0.29, 0.717) is 6.54 Å². The second-order valence-electron chi connectivity index (χ2n) is 3.21. The second-order valence-corrected chi connectivity index (χ2v) is 3.21. The minimum atomic E-state index is 0.0782. The molecule has 0 fully saturated rings. The molecule has 0 atom stereocenters. The maximum atomic E-state index is 11.0. The van der Waals surface area contributed by atoms with Gasteiger partial charge in [-0.1, -0.05) is 32.1 Å². The third kappa shape index (κ3) is 6.21. The molecule has 0 bridgehead atoms. The lowest BCUT2D eigenvalue weighted by Gasteiger charge is -2.17. The van der Waals surface area contributed by atoms with Gasteiger partial charge in [-0.25, -0.2) is 0 Å². The van der Waals surface area contributed by atoms with Crippen molar-refractivity contribution in [1.29, 1.82) is 0 Å². The van der Waals surface area contributed by atoms with Gasteiger partial charge in [-0.2, -0.15) is 0 Å². The molecule has 0 aliphatic carbocycles. The monoisotopic (exact) mass is 181 g/mol. The molecule has 0 rings (SSSR count). The van der Waals surface area contributed by atoms with Crippen LogP contribution in [-0.4, -0.2) is 23.9 Å². The molecule has 0 aliphatic heterocycles. The predicted octanol–water partition coefficient (Wildman–Crippen LogP) is 2.05. The van der Waals surface area contributed by atoms with E-state index in [1.54, 1.807) is 11.8 Å². The van der Waals surface area contributed by atoms with Crippen molar-refractivity contribution in [3.8, 4) is 12.3 Å². The van der Waals surface area contributed by atoms with Crippen LogP contribution in [0.5, 0.6) is 0 Å². The lowest BCUT2D eigenvalue weighted by Crippen LogP contribution is -2.30. The molecule has 2 nitrogen and oxygen atoms in total. The molecule has 0 N–H and O–H groups in total. The molecule has 2 heteroatoms. The molecule has 0 unspecified atom stereocenters. The van der Waals surface area contributed by atoms with E-state index in [-0.39, 0.29) is 5.91 Å². The molecule has 0 aromatic rings. The lowest BCUT2D eigenvalue weighted by molar-refractivity contribution is -0.128. The molecule has 0 aliphatic rings. The molecule has 0 aromatic carbocycles. The van der Waals surface area contributed by atoms with Gasteiger partial charge in [0.1, 0.15) is 0 Å². The molecule has 0 saturated carbocycles. The third-order valence-electron chi connectivity index (χ3n) is 2.01. The summed E-state index contributed by atoms with van der Waals surface area (Å²) >= 11 is 0. The smallest absolute Gasteiger partial charge is 0.220 e. The van der Waals surface area contributed by atoms with Crippen molar-refractivity contribution in [2.75, 3.05) is 13.1 Å². The van der Waals surface area contributed by atoms with Crippen LogP contribution >= 0.6 is 0 Å². The van der Waals surface area contributed by atoms with Crippen LogP contribution in [0.15, 0.2) is 0 Å². The first kappa shape index (κ1) is 12.0. The van der Waals surface area contributed by atoms with Crippen molar-refractivity contribution in [2.24, 2.45) is 0 Å². The number of carbonyl (C=O) groups excluding carboxylic acids is 1. The number of nitrogens with zero attached hydrogens (tertiary/aromatic N) is 1. The average Bonchev–Trinajstić information content (AvgIpc) is 2.10. The molecule has 0 aromatic heterocycles. The number of hydrogen-bond donors (Lipinski definition) is 0. The highest BCUT2D eigenvalue weighted by Gasteiger charge is 2.04. The van der Waals surface area contributed by atoms with Gasteiger partial charge in [-0.05, 0) is 6.42 Å². The predicted molar refractivity (Wildman–Crippen MR) is 55.2 cm³/mol. The molecule has 0 saturated heterocycles. The molecular weight excluding hydrogens is 162 g/mol. The van der Waals surface area contributed by atoms with Gasteiger partial charge < -0.3 is 4.90 Å². The molecular formula is C11H19NO. The quantitative estimate of drug-likeness (QED) is 0.453. The highest BCUT2D eigenvalue weighted by atomic mass is 16.2. The summed E-state index contributed by atoms with van der Waals surface area (Å²) in [6, 6.07) is 0. The summed E-state index contributed by atoms with van der Waals surface area (Å²) in [5, 5.41) is 0. The summed E-state index contributed by atoms with van der Waals surface area (Å²) in [7, 11) is 0. The zero-order chi connectivity index (χ0) is 10.1. The van der Waals surface area contributed by atoms with Gasteiger partial charge in [0, 0.05) is 13.5 Å². The Bertz CT molecular complexity index is 181. The Balaban J connectivity index is 3.58. The normalized spacial score (nSPS) is 9.31. The molecule has 1 amide bonds. The van der Waals surface area contributed by atoms with E-state index in [1.807, 2.05) is 0 Å². The Kier molecular flexibility index (Phi) is 7.10. The van der Waals surface area contributed by atoms with Crippen LogP contribution < -0.4 is 0 Å². The average molecular weight is 181 g/mol. The number of terminal acetylenes is 1. The van der Waals surface area contributed by atoms with Crippen LogP contribution in [0, 0.1) is 12.3 Å². The highest BCUT2D eigenvalue weighted by molar-refractivity contribution is 5.73. The van der Waals surface area contributed by atoms with E-state index in [1.165, 1.54) is 19.3 Å². The van der Waals surface area contributed by atoms with Crippen molar-refractivity contribution in [2.45, 2.75) is 39.5 Å². The molecule has 74 valence electrons. The lowest BCUT2D eigenvalue weighted by atomic mass is 10.2. The highest BCUT2D eigenvalue weighted by Crippen LogP contribution is 2.01. The van der Waals surface area contributed by atoms with Crippen LogP contribution in [0.4, 0.5) is 0 Å². The van der Waals surface area contributed by atoms with Crippen molar-refractivity contribution < 1.29 is 4.79 Å². The Labute approximate surface area is 81.3 Å². The maximum absolute atomic E-state index is 11.0. The van der Waals surface area contributed by atoms with E-state index in [9.17, 15) is 4.79 Å². The van der Waals surface area contributed by atoms with Gasteiger partial charge in [0.15, 0.2) is 0 Å². The summed E-state index contributed by atoms with van der Waals surface area (Å²) in [6.07, 6.45) is 9.86. The fraction of sp³-hybridized carbons (Fsp3) is 0.727. The Hall–Kier alpha value is -0.970. The fourth-order valence-electron chi connectivity index (χ4n) is 1.19. The van der Waals surface area contributed by atoms with E-state index < -0.39 is 0 Å². The number of amides is 1. The Morgan fingerprint density at radius 1 is 1.38 bits per heavy atom. The van der Waals surface area contributed by atoms with Gasteiger partial charge in [0.25, 0.3) is 0 Å². The Morgan fingerprint density at radius 2 is 2.08 bits per heavy atom. The number of carbonyl (C=O) groups is 1. The minimum Gasteiger partial charge on any atom is -0.332 e. The van der Waals surface area contributed by atoms with Gasteiger partial charge >= 0.3 is 0 Å². The summed E-state index contributed by atoms with van der Waals surface area (Å²) in [6.45, 7) is 4.99. The molecule has 0 heterocycles. The summed E-state index contributed by atoms with van der Waals surface area (Å²) in [5.74, 6) is 2.57. The number of unbranched alkanes of at least 4 members (excludes halogenated alkanes) is 3. The zero-order valence-corrected chi connectivity index (χ0v) is 8.68. The standard InChI is InChI=1S/C11H19NO/c1-4-6-7-8-10-12(9-5-2)11(3)13/h2H,4,6-10H2,1,3H3. The van der Waals surface area contributed by atoms with Gasteiger partial charge in [0.05, 0.1) is 6.54 Å². The van der Waals surface area contributed by atoms with Crippen LogP contribution in [0.25, 0.3) is 0 Å². The van der Waals surface area contributed by atoms with Crippen LogP contribution in [0.1, 0.15) is 39.5 Å². The number of hydrogen-bond acceptors (Lipinski definition) is 1. The summed E-state index contributed by atoms with van der Waals surface area (Å²) < 4.78 is 0. The minimum absolute atomic E-state index is 0.0782. The number of rotatable bonds is 6. The largest absolute Gasteiger partial charge is 0.332 e. The fourth-order valence-corrected chi connectivity index (χ4v) is 1.19.